The highest BCUT2D eigenvalue weighted by molar-refractivity contribution is 6.04. The van der Waals surface area contributed by atoms with Gasteiger partial charge in [-0.25, -0.2) is 14.1 Å². The quantitative estimate of drug-likeness (QED) is 0.440. The molecular weight excluding hydrogens is 375 g/mol. The van der Waals surface area contributed by atoms with Crippen LogP contribution in [0.1, 0.15) is 36.3 Å². The third kappa shape index (κ3) is 3.22. The molecule has 0 saturated carbocycles. The molecule has 0 unspecified atom stereocenters. The lowest BCUT2D eigenvalue weighted by molar-refractivity contribution is 0.516. The number of nitrogens with zero attached hydrogens (tertiary/aromatic N) is 4. The van der Waals surface area contributed by atoms with Crippen molar-refractivity contribution in [2.45, 2.75) is 25.8 Å². The maximum atomic E-state index is 13.5. The number of hydrogen-bond donors (Lipinski definition) is 0. The van der Waals surface area contributed by atoms with Gasteiger partial charge in [0, 0.05) is 18.2 Å². The molecule has 0 radical (unpaired) electrons. The minimum absolute atomic E-state index is 0.0680. The number of aromatic nitrogens is 3. The Kier molecular flexibility index (Phi) is 4.71. The lowest BCUT2D eigenvalue weighted by Gasteiger charge is -2.24. The second kappa shape index (κ2) is 7.67. The monoisotopic (exact) mass is 396 g/mol. The van der Waals surface area contributed by atoms with Crippen LogP contribution in [0.5, 0.6) is 0 Å². The predicted molar refractivity (Wildman–Crippen MR) is 117 cm³/mol. The van der Waals surface area contributed by atoms with Crippen molar-refractivity contribution in [3.63, 3.8) is 0 Å². The normalized spacial score (nSPS) is 15.5. The predicted octanol–water partition coefficient (Wildman–Crippen LogP) is 5.76. The Balaban J connectivity index is 1.74. The number of rotatable bonds is 4. The fraction of sp³-hybridized carbons (Fsp3) is 0.160. The van der Waals surface area contributed by atoms with Gasteiger partial charge >= 0.3 is 0 Å². The van der Waals surface area contributed by atoms with E-state index in [1.54, 1.807) is 18.3 Å². The molecule has 5 rings (SSSR count). The number of aryl methyl sites for hydroxylation is 1. The molecule has 1 aliphatic rings. The Labute approximate surface area is 174 Å². The Morgan fingerprint density at radius 2 is 1.70 bits per heavy atom. The van der Waals surface area contributed by atoms with Crippen LogP contribution in [-0.2, 0) is 6.42 Å². The first-order valence-corrected chi connectivity index (χ1v) is 10.2. The number of pyridine rings is 1. The summed E-state index contributed by atoms with van der Waals surface area (Å²) in [5, 5.41) is 4.96. The first kappa shape index (κ1) is 18.4. The van der Waals surface area contributed by atoms with E-state index in [0.717, 1.165) is 46.0 Å². The molecular formula is C25H21FN4. The number of aliphatic imine (C=N–C) groups is 1. The van der Waals surface area contributed by atoms with Crippen LogP contribution in [-0.4, -0.2) is 20.5 Å². The van der Waals surface area contributed by atoms with Gasteiger partial charge in [-0.1, -0.05) is 55.5 Å². The van der Waals surface area contributed by atoms with Crippen molar-refractivity contribution in [2.75, 3.05) is 0 Å². The second-order valence-corrected chi connectivity index (χ2v) is 7.35. The maximum absolute atomic E-state index is 13.5. The molecule has 0 N–H and O–H groups in total. The van der Waals surface area contributed by atoms with Gasteiger partial charge < -0.3 is 0 Å². The van der Waals surface area contributed by atoms with Crippen LogP contribution in [0.2, 0.25) is 0 Å². The molecule has 2 aromatic carbocycles. The lowest BCUT2D eigenvalue weighted by atomic mass is 9.97. The van der Waals surface area contributed by atoms with E-state index in [1.165, 1.54) is 12.1 Å². The van der Waals surface area contributed by atoms with Crippen molar-refractivity contribution in [1.29, 1.82) is 0 Å². The fourth-order valence-corrected chi connectivity index (χ4v) is 4.01. The second-order valence-electron chi connectivity index (χ2n) is 7.35. The van der Waals surface area contributed by atoms with Gasteiger partial charge in [0.15, 0.2) is 5.82 Å². The van der Waals surface area contributed by atoms with E-state index in [2.05, 4.69) is 24.0 Å². The molecule has 0 spiro atoms. The Bertz CT molecular complexity index is 1200. The summed E-state index contributed by atoms with van der Waals surface area (Å²) in [5.41, 5.74) is 5.94. The molecule has 0 fully saturated rings. The zero-order chi connectivity index (χ0) is 20.5. The van der Waals surface area contributed by atoms with Crippen molar-refractivity contribution in [3.05, 3.63) is 102 Å². The summed E-state index contributed by atoms with van der Waals surface area (Å²) in [4.78, 5) is 9.64. The molecule has 2 aromatic heterocycles. The fourth-order valence-electron chi connectivity index (χ4n) is 4.01. The molecule has 30 heavy (non-hydrogen) atoms. The van der Waals surface area contributed by atoms with E-state index >= 15 is 0 Å². The average Bonchev–Trinajstić information content (AvgIpc) is 3.18. The summed E-state index contributed by atoms with van der Waals surface area (Å²) in [6, 6.07) is 22.7. The first-order chi connectivity index (χ1) is 14.7. The van der Waals surface area contributed by atoms with Gasteiger partial charge in [-0.3, -0.25) is 4.98 Å². The Morgan fingerprint density at radius 1 is 0.933 bits per heavy atom. The van der Waals surface area contributed by atoms with Crippen LogP contribution >= 0.6 is 0 Å². The molecule has 1 aliphatic heterocycles. The number of fused-ring (bicyclic) bond motifs is 1. The lowest BCUT2D eigenvalue weighted by Crippen LogP contribution is -2.22. The SMILES string of the molecule is CCc1nn2c(c1-c1ccccc1)N=C(c1ccc(F)cc1)C[C@@H]2c1ccccn1. The van der Waals surface area contributed by atoms with Crippen LogP contribution in [0.3, 0.4) is 0 Å². The molecule has 0 saturated heterocycles. The summed E-state index contributed by atoms with van der Waals surface area (Å²) in [6.07, 6.45) is 3.26. The minimum atomic E-state index is -0.250. The van der Waals surface area contributed by atoms with Gasteiger partial charge in [0.1, 0.15) is 11.9 Å². The highest BCUT2D eigenvalue weighted by Crippen LogP contribution is 2.41. The number of halogens is 1. The van der Waals surface area contributed by atoms with Crippen LogP contribution in [0.15, 0.2) is 84.0 Å². The highest BCUT2D eigenvalue weighted by atomic mass is 19.1. The first-order valence-electron chi connectivity index (χ1n) is 10.2. The van der Waals surface area contributed by atoms with E-state index in [4.69, 9.17) is 10.1 Å². The van der Waals surface area contributed by atoms with Crippen LogP contribution < -0.4 is 0 Å². The third-order valence-electron chi connectivity index (χ3n) is 5.48. The smallest absolute Gasteiger partial charge is 0.159 e. The van der Waals surface area contributed by atoms with Crippen LogP contribution in [0.4, 0.5) is 10.2 Å². The van der Waals surface area contributed by atoms with E-state index in [1.807, 2.05) is 41.1 Å². The van der Waals surface area contributed by atoms with Crippen LogP contribution in [0, 0.1) is 5.82 Å². The molecule has 0 amide bonds. The summed E-state index contributed by atoms with van der Waals surface area (Å²) in [6.45, 7) is 2.11. The molecule has 0 bridgehead atoms. The molecule has 148 valence electrons. The Morgan fingerprint density at radius 3 is 2.40 bits per heavy atom. The topological polar surface area (TPSA) is 43.1 Å². The van der Waals surface area contributed by atoms with Gasteiger partial charge in [0.2, 0.25) is 0 Å². The van der Waals surface area contributed by atoms with E-state index in [9.17, 15) is 4.39 Å². The number of hydrogen-bond acceptors (Lipinski definition) is 3. The zero-order valence-electron chi connectivity index (χ0n) is 16.7. The summed E-state index contributed by atoms with van der Waals surface area (Å²) in [7, 11) is 0. The van der Waals surface area contributed by atoms with Crippen molar-refractivity contribution < 1.29 is 4.39 Å². The molecule has 1 atom stereocenters. The molecule has 3 heterocycles. The van der Waals surface area contributed by atoms with Gasteiger partial charge in [-0.15, -0.1) is 0 Å². The zero-order valence-corrected chi connectivity index (χ0v) is 16.7. The van der Waals surface area contributed by atoms with Gasteiger partial charge in [-0.05, 0) is 41.8 Å². The van der Waals surface area contributed by atoms with Crippen molar-refractivity contribution in [1.82, 2.24) is 14.8 Å². The molecule has 4 aromatic rings. The minimum Gasteiger partial charge on any atom is -0.259 e. The van der Waals surface area contributed by atoms with E-state index in [-0.39, 0.29) is 11.9 Å². The summed E-state index contributed by atoms with van der Waals surface area (Å²) >= 11 is 0. The molecule has 4 nitrogen and oxygen atoms in total. The summed E-state index contributed by atoms with van der Waals surface area (Å²) in [5.74, 6) is 0.582. The number of benzene rings is 2. The standard InChI is InChI=1S/C25H21FN4/c1-2-20-24(18-8-4-3-5-9-18)25-28-22(17-11-13-19(26)14-12-17)16-23(30(25)29-20)21-10-6-7-15-27-21/h3-15,23H,2,16H2,1H3/t23-/m1/s1. The third-order valence-corrected chi connectivity index (χ3v) is 5.48. The Hall–Kier alpha value is -3.60. The van der Waals surface area contributed by atoms with E-state index in [0.29, 0.717) is 6.42 Å². The van der Waals surface area contributed by atoms with E-state index < -0.39 is 0 Å². The van der Waals surface area contributed by atoms with Gasteiger partial charge in [-0.2, -0.15) is 5.10 Å². The van der Waals surface area contributed by atoms with Crippen molar-refractivity contribution in [3.8, 4) is 11.1 Å². The summed E-state index contributed by atoms with van der Waals surface area (Å²) < 4.78 is 15.5. The maximum Gasteiger partial charge on any atom is 0.159 e. The average molecular weight is 396 g/mol. The van der Waals surface area contributed by atoms with Crippen molar-refractivity contribution >= 4 is 11.5 Å². The van der Waals surface area contributed by atoms with Crippen LogP contribution in [0.25, 0.3) is 11.1 Å². The highest BCUT2D eigenvalue weighted by Gasteiger charge is 2.30. The van der Waals surface area contributed by atoms with Crippen molar-refractivity contribution in [2.24, 2.45) is 4.99 Å². The molecule has 5 heteroatoms. The van der Waals surface area contributed by atoms with Gasteiger partial charge in [0.05, 0.1) is 17.1 Å². The van der Waals surface area contributed by atoms with Gasteiger partial charge in [0.25, 0.3) is 0 Å². The molecule has 0 aliphatic carbocycles. The largest absolute Gasteiger partial charge is 0.259 e.